The molecule has 0 aliphatic carbocycles. The first kappa shape index (κ1) is 20.7. The van der Waals surface area contributed by atoms with E-state index in [4.69, 9.17) is 4.74 Å². The molecule has 2 aromatic carbocycles. The fourth-order valence-electron chi connectivity index (χ4n) is 2.97. The van der Waals surface area contributed by atoms with Gasteiger partial charge in [0.05, 0.1) is 0 Å². The largest absolute Gasteiger partial charge is 0.444 e. The zero-order chi connectivity index (χ0) is 19.3. The van der Waals surface area contributed by atoms with Crippen molar-refractivity contribution in [2.75, 3.05) is 6.54 Å². The molecular formula is C23H30N2O2. The average Bonchev–Trinajstić information content (AvgIpc) is 2.71. The molecule has 144 valence electrons. The Hall–Kier alpha value is -2.59. The number of carbonyl (C=O) groups excluding carboxylic acids is 1. The van der Waals surface area contributed by atoms with E-state index >= 15 is 0 Å². The van der Waals surface area contributed by atoms with E-state index in [-0.39, 0.29) is 12.6 Å². The van der Waals surface area contributed by atoms with Gasteiger partial charge < -0.3 is 4.74 Å². The third-order valence-electron chi connectivity index (χ3n) is 4.41. The zero-order valence-corrected chi connectivity index (χ0v) is 16.1. The topological polar surface area (TPSA) is 41.6 Å². The van der Waals surface area contributed by atoms with Crippen molar-refractivity contribution in [3.8, 4) is 0 Å². The van der Waals surface area contributed by atoms with Crippen LogP contribution >= 0.6 is 0 Å². The Morgan fingerprint density at radius 1 is 1.11 bits per heavy atom. The van der Waals surface area contributed by atoms with Gasteiger partial charge in [0.1, 0.15) is 6.61 Å². The summed E-state index contributed by atoms with van der Waals surface area (Å²) in [6, 6.07) is 20.2. The van der Waals surface area contributed by atoms with Gasteiger partial charge in [0.25, 0.3) is 0 Å². The van der Waals surface area contributed by atoms with Gasteiger partial charge in [-0.25, -0.2) is 9.80 Å². The molecule has 0 aliphatic rings. The molecule has 0 aromatic heterocycles. The molecule has 2 aromatic rings. The summed E-state index contributed by atoms with van der Waals surface area (Å²) in [6.45, 7) is 7.07. The molecule has 0 radical (unpaired) electrons. The smallest absolute Gasteiger partial charge is 0.422 e. The number of ether oxygens (including phenoxy) is 1. The summed E-state index contributed by atoms with van der Waals surface area (Å²) in [6.07, 6.45) is 5.33. The highest BCUT2D eigenvalue weighted by Gasteiger charge is 2.17. The van der Waals surface area contributed by atoms with Gasteiger partial charge in [0, 0.05) is 12.6 Å². The molecule has 1 amide bonds. The van der Waals surface area contributed by atoms with E-state index in [0.717, 1.165) is 37.8 Å². The van der Waals surface area contributed by atoms with Crippen LogP contribution in [0, 0.1) is 0 Å². The fourth-order valence-corrected chi connectivity index (χ4v) is 2.97. The minimum Gasteiger partial charge on any atom is -0.444 e. The van der Waals surface area contributed by atoms with E-state index < -0.39 is 6.09 Å². The maximum absolute atomic E-state index is 12.3. The molecular weight excluding hydrogens is 336 g/mol. The number of hydrazine groups is 1. The number of nitrogens with one attached hydrogen (secondary N) is 1. The molecule has 0 aliphatic heterocycles. The Kier molecular flexibility index (Phi) is 9.14. The molecule has 0 saturated heterocycles. The van der Waals surface area contributed by atoms with Crippen LogP contribution in [-0.4, -0.2) is 23.7 Å². The van der Waals surface area contributed by atoms with Gasteiger partial charge in [-0.1, -0.05) is 80.1 Å². The minimum atomic E-state index is -0.429. The summed E-state index contributed by atoms with van der Waals surface area (Å²) >= 11 is 0. The van der Waals surface area contributed by atoms with Crippen LogP contribution in [0.15, 0.2) is 73.3 Å². The van der Waals surface area contributed by atoms with Crippen LogP contribution in [0.4, 0.5) is 4.79 Å². The van der Waals surface area contributed by atoms with E-state index in [0.29, 0.717) is 0 Å². The van der Waals surface area contributed by atoms with Crippen molar-refractivity contribution in [1.82, 2.24) is 10.4 Å². The molecule has 0 saturated carbocycles. The van der Waals surface area contributed by atoms with E-state index in [1.807, 2.05) is 47.5 Å². The number of hydrogen-bond donors (Lipinski definition) is 1. The molecule has 27 heavy (non-hydrogen) atoms. The van der Waals surface area contributed by atoms with E-state index in [9.17, 15) is 4.79 Å². The van der Waals surface area contributed by atoms with Crippen LogP contribution in [0.2, 0.25) is 0 Å². The normalized spacial score (nSPS) is 11.8. The van der Waals surface area contributed by atoms with Crippen molar-refractivity contribution >= 4 is 6.09 Å². The number of amides is 1. The standard InChI is InChI=1S/C23H30N2O2/c1-3-12-22(4-2)25(18-11-17-20-13-7-5-8-14-20)24-23(26)27-19-21-15-9-6-10-16-21/h4-10,13-16,22H,2-3,11-12,17-19H2,1H3,(H,24,26). The molecule has 1 atom stereocenters. The Bertz CT molecular complexity index is 673. The highest BCUT2D eigenvalue weighted by Crippen LogP contribution is 2.10. The third-order valence-corrected chi connectivity index (χ3v) is 4.41. The quantitative estimate of drug-likeness (QED) is 0.443. The van der Waals surface area contributed by atoms with Crippen molar-refractivity contribution in [1.29, 1.82) is 0 Å². The van der Waals surface area contributed by atoms with Crippen molar-refractivity contribution < 1.29 is 9.53 Å². The second-order valence-electron chi connectivity index (χ2n) is 6.55. The van der Waals surface area contributed by atoms with E-state index in [2.05, 4.69) is 43.2 Å². The summed E-state index contributed by atoms with van der Waals surface area (Å²) < 4.78 is 5.37. The minimum absolute atomic E-state index is 0.0926. The van der Waals surface area contributed by atoms with Gasteiger partial charge in [-0.3, -0.25) is 5.43 Å². The molecule has 2 rings (SSSR count). The van der Waals surface area contributed by atoms with Crippen LogP contribution in [-0.2, 0) is 17.8 Å². The molecule has 1 N–H and O–H groups in total. The lowest BCUT2D eigenvalue weighted by Gasteiger charge is -2.29. The predicted octanol–water partition coefficient (Wildman–Crippen LogP) is 5.12. The Morgan fingerprint density at radius 2 is 1.74 bits per heavy atom. The van der Waals surface area contributed by atoms with Gasteiger partial charge in [-0.15, -0.1) is 6.58 Å². The van der Waals surface area contributed by atoms with Gasteiger partial charge in [-0.05, 0) is 30.4 Å². The lowest BCUT2D eigenvalue weighted by Crippen LogP contribution is -2.48. The number of hydrogen-bond acceptors (Lipinski definition) is 3. The van der Waals surface area contributed by atoms with Crippen LogP contribution < -0.4 is 5.43 Å². The second kappa shape index (κ2) is 11.9. The second-order valence-corrected chi connectivity index (χ2v) is 6.55. The van der Waals surface area contributed by atoms with Crippen LogP contribution in [0.5, 0.6) is 0 Å². The number of carbonyl (C=O) groups is 1. The highest BCUT2D eigenvalue weighted by atomic mass is 16.6. The lowest BCUT2D eigenvalue weighted by atomic mass is 10.1. The SMILES string of the molecule is C=CC(CCC)N(CCCc1ccccc1)NC(=O)OCc1ccccc1. The zero-order valence-electron chi connectivity index (χ0n) is 16.1. The van der Waals surface area contributed by atoms with Crippen LogP contribution in [0.25, 0.3) is 0 Å². The first-order valence-corrected chi connectivity index (χ1v) is 9.63. The van der Waals surface area contributed by atoms with E-state index in [1.165, 1.54) is 5.56 Å². The van der Waals surface area contributed by atoms with Crippen molar-refractivity contribution in [2.45, 2.75) is 45.3 Å². The van der Waals surface area contributed by atoms with Gasteiger partial charge >= 0.3 is 6.09 Å². The molecule has 0 heterocycles. The van der Waals surface area contributed by atoms with E-state index in [1.54, 1.807) is 0 Å². The molecule has 1 unspecified atom stereocenters. The maximum atomic E-state index is 12.3. The predicted molar refractivity (Wildman–Crippen MR) is 110 cm³/mol. The van der Waals surface area contributed by atoms with Crippen LogP contribution in [0.3, 0.4) is 0 Å². The number of benzene rings is 2. The number of nitrogens with zero attached hydrogens (tertiary/aromatic N) is 1. The third kappa shape index (κ3) is 7.67. The lowest BCUT2D eigenvalue weighted by molar-refractivity contribution is 0.0852. The first-order valence-electron chi connectivity index (χ1n) is 9.63. The summed E-state index contributed by atoms with van der Waals surface area (Å²) in [5.41, 5.74) is 5.18. The Balaban J connectivity index is 1.88. The first-order chi connectivity index (χ1) is 13.2. The van der Waals surface area contributed by atoms with Crippen molar-refractivity contribution in [2.24, 2.45) is 0 Å². The maximum Gasteiger partial charge on any atom is 0.422 e. The summed E-state index contributed by atoms with van der Waals surface area (Å²) in [7, 11) is 0. The average molecular weight is 367 g/mol. The van der Waals surface area contributed by atoms with Crippen molar-refractivity contribution in [3.63, 3.8) is 0 Å². The Labute approximate surface area is 162 Å². The fraction of sp³-hybridized carbons (Fsp3) is 0.348. The van der Waals surface area contributed by atoms with Crippen molar-refractivity contribution in [3.05, 3.63) is 84.4 Å². The van der Waals surface area contributed by atoms with Gasteiger partial charge in [0.15, 0.2) is 0 Å². The molecule has 0 bridgehead atoms. The number of rotatable bonds is 11. The summed E-state index contributed by atoms with van der Waals surface area (Å²) in [5.74, 6) is 0. The molecule has 0 fully saturated rings. The summed E-state index contributed by atoms with van der Waals surface area (Å²) in [4.78, 5) is 12.3. The van der Waals surface area contributed by atoms with Gasteiger partial charge in [-0.2, -0.15) is 0 Å². The Morgan fingerprint density at radius 3 is 2.33 bits per heavy atom. The summed E-state index contributed by atoms with van der Waals surface area (Å²) in [5, 5.41) is 1.95. The van der Waals surface area contributed by atoms with Gasteiger partial charge in [0.2, 0.25) is 0 Å². The number of aryl methyl sites for hydroxylation is 1. The molecule has 4 nitrogen and oxygen atoms in total. The molecule has 0 spiro atoms. The van der Waals surface area contributed by atoms with Crippen LogP contribution in [0.1, 0.15) is 37.3 Å². The highest BCUT2D eigenvalue weighted by molar-refractivity contribution is 5.66. The monoisotopic (exact) mass is 366 g/mol. The molecule has 4 heteroatoms.